The van der Waals surface area contributed by atoms with Gasteiger partial charge in [-0.05, 0) is 77.2 Å². The second-order valence-electron chi connectivity index (χ2n) is 17.9. The number of carbonyl (C=O) groups is 5. The van der Waals surface area contributed by atoms with Gasteiger partial charge in [-0.3, -0.25) is 24.1 Å². The number of methoxy groups -OCH3 is 2. The van der Waals surface area contributed by atoms with Gasteiger partial charge < -0.3 is 44.9 Å². The van der Waals surface area contributed by atoms with Gasteiger partial charge in [0.1, 0.15) is 12.1 Å². The smallest absolute Gasteiger partial charge is 0.410 e. The van der Waals surface area contributed by atoms with Crippen LogP contribution in [0.1, 0.15) is 99.2 Å². The normalized spacial score (nSPS) is 18.7. The molecule has 5 amide bonds. The number of ether oxygens (including phenoxy) is 3. The van der Waals surface area contributed by atoms with E-state index in [0.717, 1.165) is 31.4 Å². The van der Waals surface area contributed by atoms with Crippen LogP contribution in [-0.2, 0) is 33.4 Å². The van der Waals surface area contributed by atoms with E-state index in [-0.39, 0.29) is 53.8 Å². The van der Waals surface area contributed by atoms with Crippen molar-refractivity contribution in [2.75, 3.05) is 69.1 Å². The molecule has 15 heteroatoms. The molecule has 0 aliphatic carbocycles. The summed E-state index contributed by atoms with van der Waals surface area (Å²) in [6, 6.07) is 6.73. The molecule has 1 aromatic rings. The summed E-state index contributed by atoms with van der Waals surface area (Å²) in [7, 11) is 12.1. The molecular weight excluding hydrogens is 779 g/mol. The topological polar surface area (TPSA) is 162 Å². The maximum Gasteiger partial charge on any atom is 0.410 e. The van der Waals surface area contributed by atoms with Gasteiger partial charge >= 0.3 is 6.09 Å². The van der Waals surface area contributed by atoms with Crippen molar-refractivity contribution in [3.8, 4) is 0 Å². The molecule has 1 aliphatic rings. The quantitative estimate of drug-likeness (QED) is 0.119. The van der Waals surface area contributed by atoms with Crippen LogP contribution in [0, 0.1) is 23.7 Å². The Hall–Kier alpha value is -3.79. The maximum absolute atomic E-state index is 14.4. The number of hydrogen-bond acceptors (Lipinski definition) is 10. The molecule has 1 heterocycles. The van der Waals surface area contributed by atoms with Crippen molar-refractivity contribution in [2.24, 2.45) is 23.7 Å². The summed E-state index contributed by atoms with van der Waals surface area (Å²) in [6.07, 6.45) is 0.373. The van der Waals surface area contributed by atoms with E-state index in [1.807, 2.05) is 105 Å². The van der Waals surface area contributed by atoms with Gasteiger partial charge in [0.15, 0.2) is 0 Å². The number of nitrogens with one attached hydrogen (secondary N) is 3. The van der Waals surface area contributed by atoms with E-state index in [1.165, 1.54) is 4.90 Å². The van der Waals surface area contributed by atoms with Crippen LogP contribution in [0.5, 0.6) is 0 Å². The minimum Gasteiger partial charge on any atom is -0.439 e. The highest BCUT2D eigenvalue weighted by molar-refractivity contribution is 5.90. The Balaban J connectivity index is 2.29. The average Bonchev–Trinajstić information content (AvgIpc) is 3.70. The van der Waals surface area contributed by atoms with Gasteiger partial charge in [0.05, 0.1) is 48.7 Å². The molecule has 1 saturated heterocycles. The first-order valence-electron chi connectivity index (χ1n) is 22.3. The maximum atomic E-state index is 14.4. The minimum absolute atomic E-state index is 0.00988. The van der Waals surface area contributed by atoms with E-state index in [0.29, 0.717) is 19.5 Å². The van der Waals surface area contributed by atoms with E-state index in [9.17, 15) is 24.0 Å². The van der Waals surface area contributed by atoms with Crippen LogP contribution in [0.2, 0.25) is 0 Å². The lowest BCUT2D eigenvalue weighted by atomic mass is 9.89. The Morgan fingerprint density at radius 3 is 2.03 bits per heavy atom. The van der Waals surface area contributed by atoms with Crippen LogP contribution in [-0.4, -0.2) is 161 Å². The van der Waals surface area contributed by atoms with Crippen molar-refractivity contribution >= 4 is 29.7 Å². The molecule has 15 nitrogen and oxygen atoms in total. The second kappa shape index (κ2) is 26.0. The molecule has 1 fully saturated rings. The van der Waals surface area contributed by atoms with E-state index in [2.05, 4.69) is 16.0 Å². The van der Waals surface area contributed by atoms with Gasteiger partial charge in [-0.15, -0.1) is 0 Å². The number of nitrogens with zero attached hydrogens (tertiary/aromatic N) is 4. The van der Waals surface area contributed by atoms with Crippen LogP contribution < -0.4 is 16.0 Å². The summed E-state index contributed by atoms with van der Waals surface area (Å²) in [5.41, 5.74) is 0.750. The molecule has 1 aliphatic heterocycles. The SMILES string of the molecule is CC[C@H](C)[C@@H](C(CC(=O)N1CCC[C@H]1[C@H](OC)[C@@H](C)C(=O)N[C@H](C)[C@@H](OC(=O)N(C)CCCNC)c1ccccc1)OC)N(C)C(=O)[C@@H](NC(=O)[C@H](C(C)C)N(C)C)C(C)C. The monoisotopic (exact) mass is 860 g/mol. The molecule has 2 rings (SSSR count). The highest BCUT2D eigenvalue weighted by Gasteiger charge is 2.43. The standard InChI is InChI=1S/C46H81N7O8/c1-16-31(6)40(52(13)45(57)38(29(2)3)49-44(56)39(30(4)5)50(10)11)36(59-14)28-37(54)53-27-20-24-35(53)41(60-15)32(7)43(55)48-33(8)42(34-22-18-17-19-23-34)61-46(58)51(12)26-21-25-47-9/h17-19,22-23,29-33,35-36,38-42,47H,16,20-21,24-28H2,1-15H3,(H,48,55)(H,49,56)/t31-,32+,33+,35-,36?,38-,39-,40-,41+,42+/m0/s1. The number of hydrogen-bond donors (Lipinski definition) is 3. The highest BCUT2D eigenvalue weighted by Crippen LogP contribution is 2.30. The third-order valence-corrected chi connectivity index (χ3v) is 12.4. The van der Waals surface area contributed by atoms with Crippen LogP contribution in [0.15, 0.2) is 30.3 Å². The van der Waals surface area contributed by atoms with E-state index in [4.69, 9.17) is 14.2 Å². The van der Waals surface area contributed by atoms with Crippen molar-refractivity contribution < 1.29 is 38.2 Å². The lowest BCUT2D eigenvalue weighted by Gasteiger charge is -2.41. The van der Waals surface area contributed by atoms with Crippen molar-refractivity contribution in [3.63, 3.8) is 0 Å². The molecule has 0 saturated carbocycles. The fourth-order valence-electron chi connectivity index (χ4n) is 8.73. The first kappa shape index (κ1) is 53.3. The zero-order valence-corrected chi connectivity index (χ0v) is 40.0. The molecule has 348 valence electrons. The number of likely N-dealkylation sites (N-methyl/N-ethyl adjacent to an activating group) is 2. The Labute approximate surface area is 367 Å². The second-order valence-corrected chi connectivity index (χ2v) is 17.9. The van der Waals surface area contributed by atoms with Gasteiger partial charge in [-0.2, -0.15) is 0 Å². The van der Waals surface area contributed by atoms with Gasteiger partial charge in [0.25, 0.3) is 0 Å². The first-order chi connectivity index (χ1) is 28.8. The predicted molar refractivity (Wildman–Crippen MR) is 240 cm³/mol. The van der Waals surface area contributed by atoms with Crippen LogP contribution >= 0.6 is 0 Å². The molecule has 3 N–H and O–H groups in total. The van der Waals surface area contributed by atoms with E-state index >= 15 is 0 Å². The zero-order chi connectivity index (χ0) is 46.1. The molecule has 1 unspecified atom stereocenters. The molecule has 0 spiro atoms. The minimum atomic E-state index is -0.774. The van der Waals surface area contributed by atoms with Crippen molar-refractivity contribution in [2.45, 2.75) is 136 Å². The predicted octanol–water partition coefficient (Wildman–Crippen LogP) is 4.56. The third kappa shape index (κ3) is 14.9. The fraction of sp³-hybridized carbons (Fsp3) is 0.761. The summed E-state index contributed by atoms with van der Waals surface area (Å²) in [6.45, 7) is 17.2. The largest absolute Gasteiger partial charge is 0.439 e. The molecule has 0 bridgehead atoms. The zero-order valence-electron chi connectivity index (χ0n) is 40.0. The Morgan fingerprint density at radius 1 is 0.869 bits per heavy atom. The molecular formula is C46H81N7O8. The lowest BCUT2D eigenvalue weighted by Crippen LogP contribution is -2.59. The third-order valence-electron chi connectivity index (χ3n) is 12.4. The summed E-state index contributed by atoms with van der Waals surface area (Å²) >= 11 is 0. The lowest BCUT2D eigenvalue weighted by molar-refractivity contribution is -0.148. The molecule has 61 heavy (non-hydrogen) atoms. The van der Waals surface area contributed by atoms with Crippen molar-refractivity contribution in [1.29, 1.82) is 0 Å². The van der Waals surface area contributed by atoms with E-state index in [1.54, 1.807) is 45.0 Å². The molecule has 0 radical (unpaired) electrons. The highest BCUT2D eigenvalue weighted by atomic mass is 16.6. The average molecular weight is 860 g/mol. The van der Waals surface area contributed by atoms with Gasteiger partial charge in [0, 0.05) is 41.4 Å². The Morgan fingerprint density at radius 2 is 1.51 bits per heavy atom. The van der Waals surface area contributed by atoms with Crippen molar-refractivity contribution in [3.05, 3.63) is 35.9 Å². The van der Waals surface area contributed by atoms with Gasteiger partial charge in [0.2, 0.25) is 23.6 Å². The summed E-state index contributed by atoms with van der Waals surface area (Å²) in [5, 5.41) is 9.21. The van der Waals surface area contributed by atoms with Crippen molar-refractivity contribution in [1.82, 2.24) is 35.6 Å². The molecule has 1 aromatic carbocycles. The molecule has 0 aromatic heterocycles. The summed E-state index contributed by atoms with van der Waals surface area (Å²) < 4.78 is 18.1. The number of likely N-dealkylation sites (tertiary alicyclic amines) is 1. The number of benzene rings is 1. The Bertz CT molecular complexity index is 1510. The number of rotatable bonds is 25. The van der Waals surface area contributed by atoms with Gasteiger partial charge in [-0.1, -0.05) is 85.2 Å². The molecule has 10 atom stereocenters. The summed E-state index contributed by atoms with van der Waals surface area (Å²) in [5.74, 6) is -1.74. The Kier molecular flexibility index (Phi) is 22.7. The van der Waals surface area contributed by atoms with Crippen LogP contribution in [0.25, 0.3) is 0 Å². The van der Waals surface area contributed by atoms with Gasteiger partial charge in [-0.25, -0.2) is 4.79 Å². The van der Waals surface area contributed by atoms with Crippen LogP contribution in [0.3, 0.4) is 0 Å². The fourth-order valence-corrected chi connectivity index (χ4v) is 8.73. The van der Waals surface area contributed by atoms with E-state index < -0.39 is 54.5 Å². The summed E-state index contributed by atoms with van der Waals surface area (Å²) in [4.78, 5) is 76.2. The number of carbonyl (C=O) groups excluding carboxylic acids is 5. The number of amides is 5. The van der Waals surface area contributed by atoms with Crippen LogP contribution in [0.4, 0.5) is 4.79 Å². The first-order valence-corrected chi connectivity index (χ1v) is 22.3.